The molecule has 0 aliphatic heterocycles. The molecular formula is C26H23N3O3S. The highest BCUT2D eigenvalue weighted by Gasteiger charge is 2.25. The summed E-state index contributed by atoms with van der Waals surface area (Å²) in [6.07, 6.45) is 5.16. The van der Waals surface area contributed by atoms with Crippen LogP contribution < -0.4 is 15.8 Å². The number of amides is 2. The second-order valence-corrected chi connectivity index (χ2v) is 8.82. The molecule has 1 aromatic heterocycles. The van der Waals surface area contributed by atoms with Crippen LogP contribution in [0.1, 0.15) is 44.8 Å². The lowest BCUT2D eigenvalue weighted by molar-refractivity contribution is -0.112. The maximum absolute atomic E-state index is 12.9. The van der Waals surface area contributed by atoms with Crippen molar-refractivity contribution in [3.05, 3.63) is 87.3 Å². The minimum absolute atomic E-state index is 0.0902. The highest BCUT2D eigenvalue weighted by Crippen LogP contribution is 2.38. The molecule has 0 saturated heterocycles. The Kier molecular flexibility index (Phi) is 6.86. The predicted molar refractivity (Wildman–Crippen MR) is 129 cm³/mol. The van der Waals surface area contributed by atoms with Crippen molar-refractivity contribution in [2.45, 2.75) is 32.3 Å². The first-order valence-corrected chi connectivity index (χ1v) is 11.5. The summed E-state index contributed by atoms with van der Waals surface area (Å²) in [5.74, 6) is -0.588. The third-order valence-corrected chi connectivity index (χ3v) is 6.67. The smallest absolute Gasteiger partial charge is 0.266 e. The van der Waals surface area contributed by atoms with Crippen molar-refractivity contribution in [1.29, 1.82) is 5.26 Å². The third kappa shape index (κ3) is 5.13. The Morgan fingerprint density at radius 2 is 1.82 bits per heavy atom. The van der Waals surface area contributed by atoms with Crippen LogP contribution in [0.2, 0.25) is 0 Å². The van der Waals surface area contributed by atoms with Gasteiger partial charge in [0.15, 0.2) is 0 Å². The number of hydrogen-bond acceptors (Lipinski definition) is 5. The summed E-state index contributed by atoms with van der Waals surface area (Å²) in [5, 5.41) is 12.8. The molecule has 2 amide bonds. The molecule has 0 radical (unpaired) electrons. The highest BCUT2D eigenvalue weighted by atomic mass is 32.1. The number of aryl methyl sites for hydroxylation is 1. The van der Waals surface area contributed by atoms with Crippen molar-refractivity contribution in [3.63, 3.8) is 0 Å². The number of thiophene rings is 1. The van der Waals surface area contributed by atoms with Crippen molar-refractivity contribution >= 4 is 34.2 Å². The Hall–Kier alpha value is -3.89. The van der Waals surface area contributed by atoms with Crippen LogP contribution in [0.3, 0.4) is 0 Å². The first kappa shape index (κ1) is 22.3. The Morgan fingerprint density at radius 1 is 1.09 bits per heavy atom. The van der Waals surface area contributed by atoms with E-state index in [0.29, 0.717) is 28.5 Å². The van der Waals surface area contributed by atoms with Crippen molar-refractivity contribution in [2.75, 3.05) is 5.32 Å². The Morgan fingerprint density at radius 3 is 2.58 bits per heavy atom. The van der Waals surface area contributed by atoms with Gasteiger partial charge in [0.2, 0.25) is 0 Å². The van der Waals surface area contributed by atoms with Crippen LogP contribution in [0.15, 0.2) is 60.2 Å². The average molecular weight is 458 g/mol. The minimum Gasteiger partial charge on any atom is -0.488 e. The number of rotatable bonds is 7. The molecule has 3 aromatic rings. The number of benzene rings is 2. The molecule has 166 valence electrons. The maximum atomic E-state index is 12.9. The summed E-state index contributed by atoms with van der Waals surface area (Å²) < 4.78 is 5.93. The molecule has 1 heterocycles. The second-order valence-electron chi connectivity index (χ2n) is 7.72. The number of nitrogens with one attached hydrogen (secondary N) is 1. The summed E-state index contributed by atoms with van der Waals surface area (Å²) in [7, 11) is 0. The number of carbonyl (C=O) groups excluding carboxylic acids is 2. The summed E-state index contributed by atoms with van der Waals surface area (Å²) in [6, 6.07) is 18.9. The van der Waals surface area contributed by atoms with Crippen LogP contribution in [0.4, 0.5) is 5.00 Å². The first-order valence-electron chi connectivity index (χ1n) is 10.7. The van der Waals surface area contributed by atoms with Gasteiger partial charge in [-0.05, 0) is 49.0 Å². The van der Waals surface area contributed by atoms with Crippen LogP contribution in [0, 0.1) is 11.3 Å². The predicted octanol–water partition coefficient (Wildman–Crippen LogP) is 4.85. The van der Waals surface area contributed by atoms with Gasteiger partial charge >= 0.3 is 0 Å². The minimum atomic E-state index is -0.587. The first-order chi connectivity index (χ1) is 16.1. The third-order valence-electron chi connectivity index (χ3n) is 5.47. The number of nitriles is 1. The molecule has 1 aliphatic carbocycles. The summed E-state index contributed by atoms with van der Waals surface area (Å²) >= 11 is 1.37. The molecule has 0 saturated carbocycles. The monoisotopic (exact) mass is 457 g/mol. The van der Waals surface area contributed by atoms with E-state index in [9.17, 15) is 14.9 Å². The van der Waals surface area contributed by atoms with E-state index >= 15 is 0 Å². The lowest BCUT2D eigenvalue weighted by Gasteiger charge is -2.11. The second kappa shape index (κ2) is 10.2. The van der Waals surface area contributed by atoms with E-state index in [4.69, 9.17) is 10.5 Å². The number of fused-ring (bicyclic) bond motifs is 1. The largest absolute Gasteiger partial charge is 0.488 e. The molecule has 0 bridgehead atoms. The quantitative estimate of drug-likeness (QED) is 0.391. The zero-order valence-electron chi connectivity index (χ0n) is 18.0. The molecule has 2 aromatic carbocycles. The van der Waals surface area contributed by atoms with Gasteiger partial charge in [-0.15, -0.1) is 11.3 Å². The highest BCUT2D eigenvalue weighted by molar-refractivity contribution is 7.17. The van der Waals surface area contributed by atoms with E-state index in [-0.39, 0.29) is 5.57 Å². The molecule has 6 nitrogen and oxygen atoms in total. The van der Waals surface area contributed by atoms with Gasteiger partial charge < -0.3 is 15.8 Å². The molecule has 7 heteroatoms. The number of ether oxygens (including phenoxy) is 1. The molecule has 33 heavy (non-hydrogen) atoms. The van der Waals surface area contributed by atoms with Crippen LogP contribution in [0.5, 0.6) is 5.75 Å². The van der Waals surface area contributed by atoms with Crippen molar-refractivity contribution < 1.29 is 14.3 Å². The van der Waals surface area contributed by atoms with Gasteiger partial charge in [-0.2, -0.15) is 5.26 Å². The van der Waals surface area contributed by atoms with E-state index in [1.807, 2.05) is 48.5 Å². The molecule has 1 aliphatic rings. The zero-order valence-corrected chi connectivity index (χ0v) is 18.8. The summed E-state index contributed by atoms with van der Waals surface area (Å²) in [5.41, 5.74) is 8.44. The van der Waals surface area contributed by atoms with Gasteiger partial charge in [-0.25, -0.2) is 0 Å². The van der Waals surface area contributed by atoms with Gasteiger partial charge in [0.05, 0.1) is 5.56 Å². The number of primary amides is 1. The van der Waals surface area contributed by atoms with E-state index in [2.05, 4.69) is 5.32 Å². The van der Waals surface area contributed by atoms with Gasteiger partial charge in [-0.3, -0.25) is 9.59 Å². The van der Waals surface area contributed by atoms with Gasteiger partial charge in [0.25, 0.3) is 11.8 Å². The number of carbonyl (C=O) groups is 2. The Labute approximate surface area is 196 Å². The number of nitrogens with two attached hydrogens (primary N) is 1. The summed E-state index contributed by atoms with van der Waals surface area (Å²) in [6.45, 7) is 0.364. The molecule has 4 rings (SSSR count). The van der Waals surface area contributed by atoms with Crippen LogP contribution in [-0.4, -0.2) is 11.8 Å². The molecule has 0 spiro atoms. The number of hydrogen-bond donors (Lipinski definition) is 2. The van der Waals surface area contributed by atoms with E-state index < -0.39 is 11.8 Å². The lowest BCUT2D eigenvalue weighted by atomic mass is 9.95. The van der Waals surface area contributed by atoms with E-state index in [0.717, 1.165) is 41.7 Å². The molecule has 0 fully saturated rings. The van der Waals surface area contributed by atoms with Crippen molar-refractivity contribution in [2.24, 2.45) is 5.73 Å². The van der Waals surface area contributed by atoms with Gasteiger partial charge in [0.1, 0.15) is 29.0 Å². The fraction of sp³-hybridized carbons (Fsp3) is 0.192. The van der Waals surface area contributed by atoms with Crippen LogP contribution >= 0.6 is 11.3 Å². The van der Waals surface area contributed by atoms with Crippen molar-refractivity contribution in [3.8, 4) is 11.8 Å². The van der Waals surface area contributed by atoms with E-state index in [1.165, 1.54) is 17.4 Å². The maximum Gasteiger partial charge on any atom is 0.266 e. The number of anilines is 1. The number of nitrogens with zero attached hydrogens (tertiary/aromatic N) is 1. The lowest BCUT2D eigenvalue weighted by Crippen LogP contribution is -2.19. The number of para-hydroxylation sites is 1. The average Bonchev–Trinajstić information content (AvgIpc) is 3.20. The zero-order chi connectivity index (χ0) is 23.2. The molecular weight excluding hydrogens is 434 g/mol. The van der Waals surface area contributed by atoms with Gasteiger partial charge in [0, 0.05) is 10.4 Å². The fourth-order valence-electron chi connectivity index (χ4n) is 3.86. The van der Waals surface area contributed by atoms with Crippen LogP contribution in [0.25, 0.3) is 6.08 Å². The SMILES string of the molecule is N#CC(=Cc1ccccc1OCc1ccccc1)C(=O)Nc1sc2c(c1C(N)=O)CCCC2. The van der Waals surface area contributed by atoms with Crippen LogP contribution in [-0.2, 0) is 24.2 Å². The molecule has 0 unspecified atom stereocenters. The normalized spacial score (nSPS) is 13.0. The fourth-order valence-corrected chi connectivity index (χ4v) is 5.15. The Bertz CT molecular complexity index is 1260. The standard InChI is InChI=1S/C26H23N3O3S/c27-15-19(14-18-10-4-6-12-21(18)32-16-17-8-2-1-3-9-17)25(31)29-26-23(24(28)30)20-11-5-7-13-22(20)33-26/h1-4,6,8-10,12,14H,5,7,11,13,16H2,(H2,28,30)(H,29,31). The van der Waals surface area contributed by atoms with Crippen molar-refractivity contribution in [1.82, 2.24) is 0 Å². The molecule has 0 atom stereocenters. The van der Waals surface area contributed by atoms with E-state index in [1.54, 1.807) is 12.1 Å². The molecule has 3 N–H and O–H groups in total. The summed E-state index contributed by atoms with van der Waals surface area (Å²) in [4.78, 5) is 26.1. The van der Waals surface area contributed by atoms with Gasteiger partial charge in [-0.1, -0.05) is 48.5 Å². The Balaban J connectivity index is 1.57. The topological polar surface area (TPSA) is 105 Å².